The molecule has 0 radical (unpaired) electrons. The number of hydrogen-bond acceptors (Lipinski definition) is 9. The van der Waals surface area contributed by atoms with Gasteiger partial charge >= 0.3 is 5.95 Å². The Morgan fingerprint density at radius 3 is 0.923 bits per heavy atom. The van der Waals surface area contributed by atoms with Crippen molar-refractivity contribution in [2.24, 2.45) is 0 Å². The van der Waals surface area contributed by atoms with E-state index in [1.807, 2.05) is 61.5 Å². The van der Waals surface area contributed by atoms with Gasteiger partial charge in [0.2, 0.25) is 11.9 Å². The van der Waals surface area contributed by atoms with E-state index >= 15 is 0 Å². The SMILES string of the molecule is Cc1nc(-n2c3ccccc3c3c4c5ccccc5n5c6ccccc6c(cc32)c45)nc2ncccc12.[C-]#[N+]c1nc(-n2c3ccccc3c3c4c5ccccc5n5c6ccccc6c(cc32)c45)nc2ncccc12.c1ccc(-c2nc(-n3c4ccccc4c4c5c6ccccc6n6c7ccccc7c(cc43)c56)nc3ncccc23)cc1. The normalized spacial score (nSPS) is 12.3. The van der Waals surface area contributed by atoms with Crippen LogP contribution in [0.2, 0.25) is 0 Å². The molecule has 15 heterocycles. The number of rotatable bonds is 4. The molecule has 28 rings (SSSR count). The Morgan fingerprint density at radius 1 is 0.239 bits per heavy atom. The molecule has 0 fully saturated rings. The number of hydrogen-bond donors (Lipinski definition) is 0. The predicted molar refractivity (Wildman–Crippen MR) is 475 cm³/mol. The second-order valence-corrected chi connectivity index (χ2v) is 30.2. The minimum atomic E-state index is 0.302. The van der Waals surface area contributed by atoms with Gasteiger partial charge in [-0.1, -0.05) is 212 Å². The zero-order valence-corrected chi connectivity index (χ0v) is 62.3. The van der Waals surface area contributed by atoms with Gasteiger partial charge in [-0.05, 0) is 110 Å². The molecular weight excluding hydrogens is 1440 g/mol. The van der Waals surface area contributed by atoms with Gasteiger partial charge in [-0.3, -0.25) is 13.7 Å². The summed E-state index contributed by atoms with van der Waals surface area (Å²) in [5, 5.41) is 24.6. The number of benzene rings is 13. The molecule has 0 unspecified atom stereocenters. The van der Waals surface area contributed by atoms with Crippen molar-refractivity contribution in [3.8, 4) is 29.1 Å². The van der Waals surface area contributed by atoms with Gasteiger partial charge in [0.1, 0.15) is 0 Å². The first-order chi connectivity index (χ1) is 58.0. The van der Waals surface area contributed by atoms with Crippen LogP contribution in [-0.4, -0.2) is 71.8 Å². The molecule has 117 heavy (non-hydrogen) atoms. The van der Waals surface area contributed by atoms with E-state index in [0.717, 1.165) is 71.6 Å². The van der Waals surface area contributed by atoms with Gasteiger partial charge in [-0.25, -0.2) is 24.9 Å². The van der Waals surface area contributed by atoms with Crippen LogP contribution in [0.25, 0.3) is 247 Å². The third-order valence-electron chi connectivity index (χ3n) is 24.3. The lowest BCUT2D eigenvalue weighted by molar-refractivity contribution is 0.981. The molecule has 0 saturated carbocycles. The van der Waals surface area contributed by atoms with Crippen molar-refractivity contribution in [1.29, 1.82) is 0 Å². The maximum absolute atomic E-state index is 7.80. The number of pyridine rings is 3. The standard InChI is InChI=1S/C37H21N5.C32H16N6.C32H19N5/c1-2-11-22(12-3-1)34-26-16-10-20-38-36(26)40-37(39-34)42-30-19-9-5-14-24(30)32-31(42)21-27-23-13-4-7-17-28(23)41-29-18-8-6-15-25(29)33(32)35(27)41;1-33-30-21-12-8-16-34-31(21)36-32(35-30)38-25-15-7-3-10-19(25)27-26(38)17-22-18-9-2-5-13-23(18)37-24-14-6-4-11-20(24)28(27)29(22)37;1-18-19-12-8-16-33-31(19)35-32(34-18)37-26-15-7-3-10-21(26)28-27(37)17-23-20-9-2-5-13-24(20)36-25-14-6-4-11-22(25)29(28)30(23)36/h1-21H;2-17H;2-17H,1H3. The Labute approximate surface area is 661 Å². The molecular formula is C101H56N16. The molecule has 0 N–H and O–H groups in total. The molecule has 16 heteroatoms. The van der Waals surface area contributed by atoms with Crippen molar-refractivity contribution < 1.29 is 0 Å². The molecule has 0 spiro atoms. The van der Waals surface area contributed by atoms with Crippen LogP contribution in [0, 0.1) is 13.5 Å². The first-order valence-electron chi connectivity index (χ1n) is 39.1. The molecule has 0 atom stereocenters. The van der Waals surface area contributed by atoms with E-state index in [9.17, 15) is 0 Å². The Balaban J connectivity index is 0.0000000960. The predicted octanol–water partition coefficient (Wildman–Crippen LogP) is 24.3. The minimum Gasteiger partial charge on any atom is -0.360 e. The lowest BCUT2D eigenvalue weighted by Crippen LogP contribution is -2.04. The van der Waals surface area contributed by atoms with Crippen molar-refractivity contribution >= 4 is 219 Å². The highest BCUT2D eigenvalue weighted by Gasteiger charge is 2.30. The van der Waals surface area contributed by atoms with Crippen LogP contribution in [-0.2, 0) is 0 Å². The minimum absolute atomic E-state index is 0.302. The third-order valence-corrected chi connectivity index (χ3v) is 24.3. The largest absolute Gasteiger partial charge is 0.360 e. The smallest absolute Gasteiger partial charge is 0.333 e. The maximum atomic E-state index is 7.80. The van der Waals surface area contributed by atoms with E-state index in [2.05, 4.69) is 295 Å². The number of aryl methyl sites for hydroxylation is 1. The number of para-hydroxylation sites is 9. The molecule has 15 aromatic heterocycles. The molecule has 0 saturated heterocycles. The van der Waals surface area contributed by atoms with Gasteiger partial charge in [0.25, 0.3) is 5.82 Å². The lowest BCUT2D eigenvalue weighted by Gasteiger charge is -2.11. The summed E-state index contributed by atoms with van der Waals surface area (Å²) >= 11 is 0. The highest BCUT2D eigenvalue weighted by molar-refractivity contribution is 6.39. The number of fused-ring (bicyclic) bond motifs is 33. The fourth-order valence-corrected chi connectivity index (χ4v) is 19.7. The van der Waals surface area contributed by atoms with Gasteiger partial charge in [0.15, 0.2) is 16.9 Å². The summed E-state index contributed by atoms with van der Waals surface area (Å²) in [5.74, 6) is 2.02. The van der Waals surface area contributed by atoms with Gasteiger partial charge in [0.05, 0.1) is 94.1 Å². The molecule has 0 aliphatic heterocycles. The Morgan fingerprint density at radius 2 is 0.530 bits per heavy atom. The molecule has 13 aromatic carbocycles. The second-order valence-electron chi connectivity index (χ2n) is 30.2. The van der Waals surface area contributed by atoms with Crippen LogP contribution in [0.3, 0.4) is 0 Å². The van der Waals surface area contributed by atoms with Crippen molar-refractivity contribution in [2.75, 3.05) is 0 Å². The molecule has 16 nitrogen and oxygen atoms in total. The summed E-state index contributed by atoms with van der Waals surface area (Å²) in [4.78, 5) is 47.3. The third kappa shape index (κ3) is 8.53. The average Bonchev–Trinajstić information content (AvgIpc) is 1.53. The quantitative estimate of drug-likeness (QED) is 0.157. The van der Waals surface area contributed by atoms with Crippen molar-refractivity contribution in [1.82, 2.24) is 71.8 Å². The zero-order valence-electron chi connectivity index (χ0n) is 62.3. The molecule has 540 valence electrons. The molecule has 0 amide bonds. The first-order valence-corrected chi connectivity index (χ1v) is 39.1. The van der Waals surface area contributed by atoms with Crippen LogP contribution < -0.4 is 0 Å². The summed E-state index contributed by atoms with van der Waals surface area (Å²) in [7, 11) is 0. The van der Waals surface area contributed by atoms with Gasteiger partial charge in [0, 0.05) is 137 Å². The maximum Gasteiger partial charge on any atom is 0.333 e. The van der Waals surface area contributed by atoms with Crippen LogP contribution in [0.1, 0.15) is 5.69 Å². The van der Waals surface area contributed by atoms with Crippen LogP contribution in [0.5, 0.6) is 0 Å². The fourth-order valence-electron chi connectivity index (χ4n) is 19.7. The van der Waals surface area contributed by atoms with E-state index in [1.54, 1.807) is 18.6 Å². The molecule has 28 aromatic rings. The highest BCUT2D eigenvalue weighted by Crippen LogP contribution is 2.51. The number of nitrogens with zero attached hydrogens (tertiary/aromatic N) is 16. The van der Waals surface area contributed by atoms with E-state index < -0.39 is 0 Å². The summed E-state index contributed by atoms with van der Waals surface area (Å²) in [6.45, 7) is 9.83. The zero-order chi connectivity index (χ0) is 76.6. The van der Waals surface area contributed by atoms with Crippen LogP contribution in [0.15, 0.2) is 322 Å². The Hall–Kier alpha value is -16.4. The summed E-state index contributed by atoms with van der Waals surface area (Å²) < 4.78 is 13.8. The first kappa shape index (κ1) is 63.3. The summed E-state index contributed by atoms with van der Waals surface area (Å²) in [6, 6.07) is 107. The summed E-state index contributed by atoms with van der Waals surface area (Å²) in [5.41, 5.74) is 22.2. The van der Waals surface area contributed by atoms with E-state index in [1.165, 1.54) is 136 Å². The fraction of sp³-hybridized carbons (Fsp3) is 0.00990. The topological polar surface area (TPSA) is 148 Å². The molecule has 0 aliphatic rings. The van der Waals surface area contributed by atoms with Gasteiger partial charge < -0.3 is 18.0 Å². The van der Waals surface area contributed by atoms with E-state index in [0.29, 0.717) is 46.0 Å². The van der Waals surface area contributed by atoms with Crippen molar-refractivity contribution in [3.63, 3.8) is 0 Å². The Kier molecular flexibility index (Phi) is 12.8. The number of aromatic nitrogens is 15. The van der Waals surface area contributed by atoms with Crippen LogP contribution >= 0.6 is 0 Å². The van der Waals surface area contributed by atoms with Gasteiger partial charge in [-0.15, -0.1) is 0 Å². The summed E-state index contributed by atoms with van der Waals surface area (Å²) in [6.07, 6.45) is 5.30. The van der Waals surface area contributed by atoms with Crippen molar-refractivity contribution in [2.45, 2.75) is 6.92 Å². The van der Waals surface area contributed by atoms with Crippen molar-refractivity contribution in [3.05, 3.63) is 339 Å². The average molecular weight is 1490 g/mol. The molecule has 0 bridgehead atoms. The van der Waals surface area contributed by atoms with E-state index in [-0.39, 0.29) is 0 Å². The monoisotopic (exact) mass is 1490 g/mol. The van der Waals surface area contributed by atoms with Crippen LogP contribution in [0.4, 0.5) is 5.82 Å². The second kappa shape index (κ2) is 23.6. The molecule has 0 aliphatic carbocycles. The van der Waals surface area contributed by atoms with E-state index in [4.69, 9.17) is 36.5 Å². The lowest BCUT2D eigenvalue weighted by atomic mass is 10.0. The van der Waals surface area contributed by atoms with Gasteiger partial charge in [-0.2, -0.15) is 15.0 Å². The Bertz CT molecular complexity index is 9210. The highest BCUT2D eigenvalue weighted by atomic mass is 15.2.